The first-order chi connectivity index (χ1) is 12.4. The van der Waals surface area contributed by atoms with Crippen molar-refractivity contribution in [3.8, 4) is 5.75 Å². The van der Waals surface area contributed by atoms with Crippen molar-refractivity contribution in [2.75, 3.05) is 25.1 Å². The minimum absolute atomic E-state index is 0.0154. The first-order valence-electron chi connectivity index (χ1n) is 8.85. The summed E-state index contributed by atoms with van der Waals surface area (Å²) in [7, 11) is 0. The van der Waals surface area contributed by atoms with Crippen LogP contribution in [0.2, 0.25) is 0 Å². The predicted molar refractivity (Wildman–Crippen MR) is 110 cm³/mol. The van der Waals surface area contributed by atoms with E-state index in [9.17, 15) is 0 Å². The third kappa shape index (κ3) is 4.66. The van der Waals surface area contributed by atoms with Gasteiger partial charge in [-0.2, -0.15) is 0 Å². The third-order valence-corrected chi connectivity index (χ3v) is 7.47. The second kappa shape index (κ2) is 8.10. The van der Waals surface area contributed by atoms with Crippen LogP contribution in [-0.2, 0) is 20.9 Å². The quantitative estimate of drug-likeness (QED) is 0.651. The van der Waals surface area contributed by atoms with Gasteiger partial charge in [0.15, 0.2) is 0 Å². The van der Waals surface area contributed by atoms with Crippen molar-refractivity contribution in [1.82, 2.24) is 0 Å². The monoisotopic (exact) mass is 391 g/mol. The van der Waals surface area contributed by atoms with E-state index < -0.39 is 6.49 Å². The largest absolute Gasteiger partial charge is 0.494 e. The van der Waals surface area contributed by atoms with Gasteiger partial charge in [-0.05, 0) is 48.6 Å². The van der Waals surface area contributed by atoms with Crippen LogP contribution in [0.25, 0.3) is 0 Å². The van der Waals surface area contributed by atoms with E-state index in [0.717, 1.165) is 17.0 Å². The van der Waals surface area contributed by atoms with Crippen molar-refractivity contribution >= 4 is 24.0 Å². The molecule has 1 N–H and O–H groups in total. The zero-order valence-corrected chi connectivity index (χ0v) is 17.2. The molecule has 0 saturated carbocycles. The molecule has 1 aliphatic heterocycles. The minimum atomic E-state index is -2.54. The summed E-state index contributed by atoms with van der Waals surface area (Å²) >= 11 is 5.92. The van der Waals surface area contributed by atoms with Crippen LogP contribution in [0.5, 0.6) is 5.75 Å². The Morgan fingerprint density at radius 2 is 1.69 bits per heavy atom. The van der Waals surface area contributed by atoms with Crippen LogP contribution < -0.4 is 10.1 Å². The molecule has 1 atom stereocenters. The molecule has 1 saturated heterocycles. The average molecular weight is 391 g/mol. The Labute approximate surface area is 161 Å². The SMILES string of the molecule is CCOc1ccc([C@H](Nc2ccccc2)P2(=S)OCC(C)(C)CO2)cc1. The molecule has 0 unspecified atom stereocenters. The summed E-state index contributed by atoms with van der Waals surface area (Å²) < 4.78 is 17.9. The van der Waals surface area contributed by atoms with E-state index >= 15 is 0 Å². The molecule has 0 aliphatic carbocycles. The van der Waals surface area contributed by atoms with Crippen molar-refractivity contribution < 1.29 is 13.8 Å². The molecule has 6 heteroatoms. The van der Waals surface area contributed by atoms with Gasteiger partial charge in [0.1, 0.15) is 11.5 Å². The first kappa shape index (κ1) is 19.4. The lowest BCUT2D eigenvalue weighted by Gasteiger charge is -2.40. The normalized spacial score (nSPS) is 19.5. The highest BCUT2D eigenvalue weighted by atomic mass is 32.5. The fraction of sp³-hybridized carbons (Fsp3) is 0.400. The number of hydrogen-bond acceptors (Lipinski definition) is 5. The molecule has 3 rings (SSSR count). The van der Waals surface area contributed by atoms with Gasteiger partial charge in [-0.3, -0.25) is 0 Å². The van der Waals surface area contributed by atoms with Gasteiger partial charge in [-0.1, -0.05) is 44.2 Å². The molecule has 140 valence electrons. The Balaban J connectivity index is 1.90. The number of hydrogen-bond donors (Lipinski definition) is 1. The minimum Gasteiger partial charge on any atom is -0.494 e. The molecule has 26 heavy (non-hydrogen) atoms. The van der Waals surface area contributed by atoms with Crippen LogP contribution in [0.15, 0.2) is 54.6 Å². The molecule has 0 radical (unpaired) electrons. The van der Waals surface area contributed by atoms with Gasteiger partial charge in [0.25, 0.3) is 0 Å². The van der Waals surface area contributed by atoms with Gasteiger partial charge in [0.05, 0.1) is 19.8 Å². The van der Waals surface area contributed by atoms with Crippen molar-refractivity contribution in [2.24, 2.45) is 5.41 Å². The number of ether oxygens (including phenoxy) is 1. The van der Waals surface area contributed by atoms with Crippen LogP contribution in [0.3, 0.4) is 0 Å². The average Bonchev–Trinajstić information content (AvgIpc) is 2.64. The molecule has 0 spiro atoms. The highest BCUT2D eigenvalue weighted by Crippen LogP contribution is 2.64. The number of rotatable bonds is 6. The van der Waals surface area contributed by atoms with E-state index in [-0.39, 0.29) is 11.2 Å². The molecule has 1 fully saturated rings. The maximum absolute atomic E-state index is 6.16. The summed E-state index contributed by atoms with van der Waals surface area (Å²) in [5, 5.41) is 3.54. The van der Waals surface area contributed by atoms with E-state index in [1.807, 2.05) is 61.5 Å². The van der Waals surface area contributed by atoms with E-state index in [2.05, 4.69) is 19.2 Å². The summed E-state index contributed by atoms with van der Waals surface area (Å²) in [4.78, 5) is 0. The van der Waals surface area contributed by atoms with Crippen LogP contribution >= 0.6 is 6.49 Å². The molecule has 2 aromatic carbocycles. The fourth-order valence-electron chi connectivity index (χ4n) is 2.71. The molecule has 0 bridgehead atoms. The lowest BCUT2D eigenvalue weighted by atomic mass is 9.97. The van der Waals surface area contributed by atoms with E-state index in [4.69, 9.17) is 25.6 Å². The number of anilines is 1. The second-order valence-corrected chi connectivity index (χ2v) is 10.8. The van der Waals surface area contributed by atoms with Gasteiger partial charge in [-0.25, -0.2) is 0 Å². The summed E-state index contributed by atoms with van der Waals surface area (Å²) in [6.07, 6.45) is 0. The Morgan fingerprint density at radius 3 is 2.27 bits per heavy atom. The Hall–Kier alpha value is -1.39. The molecular formula is C20H26NO3PS. The topological polar surface area (TPSA) is 39.7 Å². The Kier molecular flexibility index (Phi) is 6.03. The lowest BCUT2D eigenvalue weighted by molar-refractivity contribution is 0.0579. The number of para-hydroxylation sites is 1. The molecule has 1 aliphatic rings. The highest BCUT2D eigenvalue weighted by molar-refractivity contribution is 8.10. The smallest absolute Gasteiger partial charge is 0.215 e. The molecule has 1 heterocycles. The maximum Gasteiger partial charge on any atom is 0.215 e. The maximum atomic E-state index is 6.16. The van der Waals surface area contributed by atoms with Crippen molar-refractivity contribution in [1.29, 1.82) is 0 Å². The molecule has 0 aromatic heterocycles. The summed E-state index contributed by atoms with van der Waals surface area (Å²) in [6, 6.07) is 18.0. The molecular weight excluding hydrogens is 365 g/mol. The zero-order chi connectivity index (χ0) is 18.6. The van der Waals surface area contributed by atoms with Crippen molar-refractivity contribution in [3.63, 3.8) is 0 Å². The predicted octanol–water partition coefficient (Wildman–Crippen LogP) is 5.58. The number of benzene rings is 2. The van der Waals surface area contributed by atoms with E-state index in [1.165, 1.54) is 0 Å². The van der Waals surface area contributed by atoms with Gasteiger partial charge in [-0.15, -0.1) is 0 Å². The fourth-order valence-corrected chi connectivity index (χ4v) is 5.82. The lowest BCUT2D eigenvalue weighted by Crippen LogP contribution is -2.31. The third-order valence-electron chi connectivity index (χ3n) is 4.17. The van der Waals surface area contributed by atoms with Gasteiger partial charge in [0.2, 0.25) is 6.49 Å². The van der Waals surface area contributed by atoms with E-state index in [1.54, 1.807) is 0 Å². The zero-order valence-electron chi connectivity index (χ0n) is 15.5. The van der Waals surface area contributed by atoms with Gasteiger partial charge in [0, 0.05) is 11.1 Å². The summed E-state index contributed by atoms with van der Waals surface area (Å²) in [5.74, 6) is 0.629. The molecule has 4 nitrogen and oxygen atoms in total. The molecule has 0 amide bonds. The van der Waals surface area contributed by atoms with Crippen LogP contribution in [0, 0.1) is 5.41 Å². The molecule has 2 aromatic rings. The van der Waals surface area contributed by atoms with Gasteiger partial charge >= 0.3 is 0 Å². The standard InChI is InChI=1S/C20H26NO3PS/c1-4-22-18-12-10-16(11-13-18)19(21-17-8-6-5-7-9-17)25(26)23-14-20(2,3)15-24-25/h5-13,19,21H,4,14-15H2,1-3H3/t19-/m1/s1. The van der Waals surface area contributed by atoms with Crippen molar-refractivity contribution in [3.05, 3.63) is 60.2 Å². The van der Waals surface area contributed by atoms with Crippen molar-refractivity contribution in [2.45, 2.75) is 26.6 Å². The van der Waals surface area contributed by atoms with Crippen LogP contribution in [-0.4, -0.2) is 19.8 Å². The van der Waals surface area contributed by atoms with Gasteiger partial charge < -0.3 is 19.1 Å². The Morgan fingerprint density at radius 1 is 1.08 bits per heavy atom. The van der Waals surface area contributed by atoms with E-state index in [0.29, 0.717) is 19.8 Å². The highest BCUT2D eigenvalue weighted by Gasteiger charge is 2.40. The summed E-state index contributed by atoms with van der Waals surface area (Å²) in [6.45, 7) is 5.54. The number of nitrogens with one attached hydrogen (secondary N) is 1. The summed E-state index contributed by atoms with van der Waals surface area (Å²) in [5.41, 5.74) is 2.02. The Bertz CT molecular complexity index is 750. The second-order valence-electron chi connectivity index (χ2n) is 7.17. The first-order valence-corrected chi connectivity index (χ1v) is 11.6. The van der Waals surface area contributed by atoms with Crippen LogP contribution in [0.1, 0.15) is 32.1 Å². The van der Waals surface area contributed by atoms with Crippen LogP contribution in [0.4, 0.5) is 5.69 Å².